The van der Waals surface area contributed by atoms with Crippen LogP contribution in [0.5, 0.6) is 0 Å². The van der Waals surface area contributed by atoms with E-state index in [2.05, 4.69) is 4.98 Å². The monoisotopic (exact) mass is 215 g/mol. The van der Waals surface area contributed by atoms with Gasteiger partial charge in [-0.05, 0) is 18.2 Å². The number of hydrogen-bond donors (Lipinski definition) is 0. The molecule has 0 bridgehead atoms. The molecule has 1 heterocycles. The second kappa shape index (κ2) is 4.15. The first-order valence-electron chi connectivity index (χ1n) is 4.98. The van der Waals surface area contributed by atoms with Crippen molar-refractivity contribution < 1.29 is 4.39 Å². The minimum Gasteiger partial charge on any atom is -0.304 e. The fourth-order valence-corrected chi connectivity index (χ4v) is 1.61. The lowest BCUT2D eigenvalue weighted by molar-refractivity contribution is 0.625. The van der Waals surface area contributed by atoms with Crippen molar-refractivity contribution >= 4 is 0 Å². The van der Waals surface area contributed by atoms with Gasteiger partial charge >= 0.3 is 0 Å². The first-order chi connectivity index (χ1) is 7.74. The van der Waals surface area contributed by atoms with Gasteiger partial charge in [-0.1, -0.05) is 6.92 Å². The number of nitriles is 1. The Hall–Kier alpha value is -2.15. The fourth-order valence-electron chi connectivity index (χ4n) is 1.61. The molecule has 2 aromatic rings. The molecule has 0 saturated heterocycles. The van der Waals surface area contributed by atoms with Crippen LogP contribution in [0.1, 0.15) is 18.3 Å². The van der Waals surface area contributed by atoms with Crippen LogP contribution in [-0.2, 0) is 6.42 Å². The molecule has 3 nitrogen and oxygen atoms in total. The summed E-state index contributed by atoms with van der Waals surface area (Å²) in [6.07, 6.45) is 4.18. The van der Waals surface area contributed by atoms with Crippen molar-refractivity contribution in [2.45, 2.75) is 13.3 Å². The number of rotatable bonds is 2. The van der Waals surface area contributed by atoms with Gasteiger partial charge in [0.25, 0.3) is 0 Å². The molecular weight excluding hydrogens is 205 g/mol. The molecule has 0 aliphatic rings. The lowest BCUT2D eigenvalue weighted by atomic mass is 10.2. The highest BCUT2D eigenvalue weighted by molar-refractivity contribution is 5.42. The second-order valence-electron chi connectivity index (χ2n) is 3.38. The van der Waals surface area contributed by atoms with Gasteiger partial charge in [0.15, 0.2) is 0 Å². The highest BCUT2D eigenvalue weighted by Crippen LogP contribution is 2.15. The number of benzene rings is 1. The maximum absolute atomic E-state index is 13.3. The maximum Gasteiger partial charge on any atom is 0.126 e. The molecule has 4 heteroatoms. The Morgan fingerprint density at radius 3 is 2.94 bits per heavy atom. The van der Waals surface area contributed by atoms with E-state index in [1.54, 1.807) is 23.0 Å². The summed E-state index contributed by atoms with van der Waals surface area (Å²) in [6.45, 7) is 1.98. The molecule has 0 aliphatic carbocycles. The lowest BCUT2D eigenvalue weighted by Crippen LogP contribution is -2.00. The van der Waals surface area contributed by atoms with Crippen LogP contribution in [0.4, 0.5) is 4.39 Å². The van der Waals surface area contributed by atoms with Crippen LogP contribution in [0.3, 0.4) is 0 Å². The zero-order chi connectivity index (χ0) is 11.5. The summed E-state index contributed by atoms with van der Waals surface area (Å²) in [4.78, 5) is 4.15. The van der Waals surface area contributed by atoms with Gasteiger partial charge in [0.1, 0.15) is 11.6 Å². The molecule has 0 spiro atoms. The molecule has 16 heavy (non-hydrogen) atoms. The predicted molar refractivity (Wildman–Crippen MR) is 57.6 cm³/mol. The number of nitrogens with zero attached hydrogens (tertiary/aromatic N) is 3. The van der Waals surface area contributed by atoms with Gasteiger partial charge in [0, 0.05) is 18.8 Å². The van der Waals surface area contributed by atoms with Gasteiger partial charge in [-0.25, -0.2) is 9.37 Å². The van der Waals surface area contributed by atoms with Gasteiger partial charge in [-0.15, -0.1) is 0 Å². The topological polar surface area (TPSA) is 41.6 Å². The van der Waals surface area contributed by atoms with E-state index in [-0.39, 0.29) is 0 Å². The predicted octanol–water partition coefficient (Wildman–Crippen LogP) is 2.45. The Bertz CT molecular complexity index is 552. The van der Waals surface area contributed by atoms with E-state index in [1.165, 1.54) is 12.1 Å². The highest BCUT2D eigenvalue weighted by atomic mass is 19.1. The van der Waals surface area contributed by atoms with E-state index in [0.717, 1.165) is 12.2 Å². The molecule has 1 aromatic heterocycles. The first-order valence-corrected chi connectivity index (χ1v) is 4.98. The average Bonchev–Trinajstić information content (AvgIpc) is 2.76. The average molecular weight is 215 g/mol. The Labute approximate surface area is 92.8 Å². The number of aromatic nitrogens is 2. The van der Waals surface area contributed by atoms with E-state index in [4.69, 9.17) is 5.26 Å². The van der Waals surface area contributed by atoms with Crippen molar-refractivity contribution in [1.82, 2.24) is 9.55 Å². The number of imidazole rings is 1. The molecule has 0 saturated carbocycles. The van der Waals surface area contributed by atoms with E-state index in [1.807, 2.05) is 13.0 Å². The molecular formula is C12H10FN3. The summed E-state index contributed by atoms with van der Waals surface area (Å²) in [6, 6.07) is 6.18. The fraction of sp³-hybridized carbons (Fsp3) is 0.167. The SMILES string of the molecule is CCc1nccn1-c1cc(F)cc(C#N)c1. The second-order valence-corrected chi connectivity index (χ2v) is 3.38. The standard InChI is InChI=1S/C12H10FN3/c1-2-12-15-3-4-16(12)11-6-9(8-14)5-10(13)7-11/h3-7H,2H2,1H3. The molecule has 0 aliphatic heterocycles. The van der Waals surface area contributed by atoms with Crippen LogP contribution in [0.2, 0.25) is 0 Å². The zero-order valence-electron chi connectivity index (χ0n) is 8.81. The van der Waals surface area contributed by atoms with E-state index in [0.29, 0.717) is 11.3 Å². The van der Waals surface area contributed by atoms with E-state index < -0.39 is 5.82 Å². The third kappa shape index (κ3) is 1.80. The van der Waals surface area contributed by atoms with Crippen LogP contribution < -0.4 is 0 Å². The van der Waals surface area contributed by atoms with Gasteiger partial charge in [-0.2, -0.15) is 5.26 Å². The normalized spacial score (nSPS) is 10.1. The van der Waals surface area contributed by atoms with Gasteiger partial charge in [0.05, 0.1) is 17.3 Å². The van der Waals surface area contributed by atoms with Crippen LogP contribution in [0.25, 0.3) is 5.69 Å². The largest absolute Gasteiger partial charge is 0.304 e. The maximum atomic E-state index is 13.3. The molecule has 80 valence electrons. The Morgan fingerprint density at radius 2 is 2.25 bits per heavy atom. The van der Waals surface area contributed by atoms with Crippen LogP contribution in [-0.4, -0.2) is 9.55 Å². The zero-order valence-corrected chi connectivity index (χ0v) is 8.81. The third-order valence-electron chi connectivity index (χ3n) is 2.32. The molecule has 0 unspecified atom stereocenters. The van der Waals surface area contributed by atoms with Gasteiger partial charge in [0.2, 0.25) is 0 Å². The summed E-state index contributed by atoms with van der Waals surface area (Å²) >= 11 is 0. The van der Waals surface area contributed by atoms with Crippen LogP contribution in [0.15, 0.2) is 30.6 Å². The van der Waals surface area contributed by atoms with Gasteiger partial charge < -0.3 is 4.57 Å². The Morgan fingerprint density at radius 1 is 1.44 bits per heavy atom. The van der Waals surface area contributed by atoms with Crippen molar-refractivity contribution in [2.24, 2.45) is 0 Å². The van der Waals surface area contributed by atoms with Crippen molar-refractivity contribution in [3.8, 4) is 11.8 Å². The molecule has 1 aromatic carbocycles. The molecule has 0 N–H and O–H groups in total. The molecule has 0 radical (unpaired) electrons. The molecule has 0 amide bonds. The Balaban J connectivity index is 2.56. The van der Waals surface area contributed by atoms with Crippen LogP contribution >= 0.6 is 0 Å². The van der Waals surface area contributed by atoms with Crippen LogP contribution in [0, 0.1) is 17.1 Å². The number of halogens is 1. The summed E-state index contributed by atoms with van der Waals surface area (Å²) < 4.78 is 15.0. The number of hydrogen-bond acceptors (Lipinski definition) is 2. The highest BCUT2D eigenvalue weighted by Gasteiger charge is 2.06. The van der Waals surface area contributed by atoms with Gasteiger partial charge in [-0.3, -0.25) is 0 Å². The molecule has 2 rings (SSSR count). The summed E-state index contributed by atoms with van der Waals surface area (Å²) in [5.74, 6) is 0.430. The minimum absolute atomic E-state index is 0.311. The smallest absolute Gasteiger partial charge is 0.126 e. The first kappa shape index (κ1) is 10.4. The van der Waals surface area contributed by atoms with Crippen molar-refractivity contribution in [3.63, 3.8) is 0 Å². The molecule has 0 atom stereocenters. The van der Waals surface area contributed by atoms with Crippen molar-refractivity contribution in [2.75, 3.05) is 0 Å². The number of aryl methyl sites for hydroxylation is 1. The summed E-state index contributed by atoms with van der Waals surface area (Å²) in [7, 11) is 0. The minimum atomic E-state index is -0.412. The third-order valence-corrected chi connectivity index (χ3v) is 2.32. The van der Waals surface area contributed by atoms with Crippen molar-refractivity contribution in [3.05, 3.63) is 47.8 Å². The van der Waals surface area contributed by atoms with Crippen molar-refractivity contribution in [1.29, 1.82) is 5.26 Å². The molecule has 0 fully saturated rings. The Kier molecular flexibility index (Phi) is 2.69. The lowest BCUT2D eigenvalue weighted by Gasteiger charge is -2.06. The summed E-state index contributed by atoms with van der Waals surface area (Å²) in [5, 5.41) is 8.77. The summed E-state index contributed by atoms with van der Waals surface area (Å²) in [5.41, 5.74) is 0.941. The quantitative estimate of drug-likeness (QED) is 0.772. The van der Waals surface area contributed by atoms with E-state index >= 15 is 0 Å². The van der Waals surface area contributed by atoms with E-state index in [9.17, 15) is 4.39 Å².